The second-order valence-electron chi connectivity index (χ2n) is 2.23. The predicted octanol–water partition coefficient (Wildman–Crippen LogP) is 1.80. The van der Waals surface area contributed by atoms with Gasteiger partial charge in [0.25, 0.3) is 0 Å². The number of nitrogens with zero attached hydrogens (tertiary/aromatic N) is 2. The van der Waals surface area contributed by atoms with Gasteiger partial charge in [-0.05, 0) is 22.6 Å². The first-order valence-electron chi connectivity index (χ1n) is 3.14. The van der Waals surface area contributed by atoms with Gasteiger partial charge >= 0.3 is 0 Å². The van der Waals surface area contributed by atoms with Gasteiger partial charge in [-0.15, -0.1) is 0 Å². The van der Waals surface area contributed by atoms with Gasteiger partial charge in [0.1, 0.15) is 11.0 Å². The molecule has 2 heterocycles. The Kier molecular flexibility index (Phi) is 1.84. The summed E-state index contributed by atoms with van der Waals surface area (Å²) in [6.07, 6.45) is 1.81. The van der Waals surface area contributed by atoms with Crippen LogP contribution in [0.25, 0.3) is 11.0 Å². The van der Waals surface area contributed by atoms with Crippen LogP contribution in [0.3, 0.4) is 0 Å². The number of hydrogen-bond donors (Lipinski definition) is 2. The number of aromatic amines is 1. The van der Waals surface area contributed by atoms with E-state index in [1.165, 1.54) is 0 Å². The first-order valence-corrected chi connectivity index (χ1v) is 4.60. The minimum absolute atomic E-state index is 0.199. The monoisotopic (exact) mass is 294 g/mol. The van der Waals surface area contributed by atoms with Crippen LogP contribution in [0.4, 0.5) is 5.95 Å². The minimum atomic E-state index is 0.199. The summed E-state index contributed by atoms with van der Waals surface area (Å²) in [4.78, 5) is 10.8. The van der Waals surface area contributed by atoms with E-state index in [1.807, 2.05) is 6.20 Å². The Morgan fingerprint density at radius 2 is 2.25 bits per heavy atom. The lowest BCUT2D eigenvalue weighted by Crippen LogP contribution is -1.94. The number of nitrogens with two attached hydrogens (primary N) is 1. The Hall–Kier alpha value is -0.560. The minimum Gasteiger partial charge on any atom is -0.368 e. The van der Waals surface area contributed by atoms with E-state index >= 15 is 0 Å². The van der Waals surface area contributed by atoms with Gasteiger partial charge in [-0.25, -0.2) is 4.98 Å². The molecule has 0 aliphatic heterocycles. The number of anilines is 1. The molecule has 0 atom stereocenters. The lowest BCUT2D eigenvalue weighted by Gasteiger charge is -1.94. The largest absolute Gasteiger partial charge is 0.368 e. The van der Waals surface area contributed by atoms with Crippen molar-refractivity contribution in [1.29, 1.82) is 0 Å². The van der Waals surface area contributed by atoms with Crippen molar-refractivity contribution in [1.82, 2.24) is 15.0 Å². The first kappa shape index (κ1) is 8.06. The van der Waals surface area contributed by atoms with Gasteiger partial charge in [-0.2, -0.15) is 4.98 Å². The number of nitrogens with one attached hydrogen (secondary N) is 1. The number of H-pyrrole nitrogens is 1. The molecule has 0 aromatic carbocycles. The molecular formula is C6H4ClIN4. The summed E-state index contributed by atoms with van der Waals surface area (Å²) in [6.45, 7) is 0. The number of nitrogen functional groups attached to an aromatic ring is 1. The van der Waals surface area contributed by atoms with Gasteiger partial charge in [0.05, 0.1) is 3.57 Å². The number of rotatable bonds is 0. The number of fused-ring (bicyclic) bond motifs is 1. The van der Waals surface area contributed by atoms with Gasteiger partial charge < -0.3 is 10.7 Å². The maximum absolute atomic E-state index is 5.81. The van der Waals surface area contributed by atoms with Crippen LogP contribution in [0.15, 0.2) is 6.20 Å². The van der Waals surface area contributed by atoms with Crippen molar-refractivity contribution in [2.45, 2.75) is 0 Å². The van der Waals surface area contributed by atoms with Crippen molar-refractivity contribution in [2.24, 2.45) is 0 Å². The van der Waals surface area contributed by atoms with Gasteiger partial charge in [-0.3, -0.25) is 0 Å². The van der Waals surface area contributed by atoms with Crippen LogP contribution in [0, 0.1) is 3.57 Å². The zero-order valence-electron chi connectivity index (χ0n) is 5.81. The van der Waals surface area contributed by atoms with E-state index in [9.17, 15) is 0 Å². The standard InChI is InChI=1S/C6H4ClIN4/c7-5-4-3(2(8)1-10-4)11-6(9)12-5/h1,10H,(H2,9,11,12). The molecule has 3 N–H and O–H groups in total. The molecular weight excluding hydrogens is 290 g/mol. The molecule has 2 aromatic rings. The van der Waals surface area contributed by atoms with Crippen LogP contribution in [0.1, 0.15) is 0 Å². The molecule has 0 radical (unpaired) electrons. The highest BCUT2D eigenvalue weighted by atomic mass is 127. The molecule has 2 rings (SSSR count). The molecule has 0 saturated heterocycles. The van der Waals surface area contributed by atoms with E-state index in [-0.39, 0.29) is 5.95 Å². The van der Waals surface area contributed by atoms with Gasteiger partial charge in [0, 0.05) is 6.20 Å². The summed E-state index contributed by atoms with van der Waals surface area (Å²) >= 11 is 7.96. The molecule has 0 saturated carbocycles. The molecule has 62 valence electrons. The quantitative estimate of drug-likeness (QED) is 0.575. The summed E-state index contributed by atoms with van der Waals surface area (Å²) < 4.78 is 0.985. The third-order valence-electron chi connectivity index (χ3n) is 1.45. The van der Waals surface area contributed by atoms with Gasteiger partial charge in [-0.1, -0.05) is 11.6 Å². The Labute approximate surface area is 86.7 Å². The van der Waals surface area contributed by atoms with Gasteiger partial charge in [0.15, 0.2) is 5.15 Å². The van der Waals surface area contributed by atoms with Crippen molar-refractivity contribution in [3.63, 3.8) is 0 Å². The predicted molar refractivity (Wildman–Crippen MR) is 56.0 cm³/mol. The molecule has 2 aromatic heterocycles. The summed E-state index contributed by atoms with van der Waals surface area (Å²) in [5.41, 5.74) is 6.93. The second-order valence-corrected chi connectivity index (χ2v) is 3.75. The summed E-state index contributed by atoms with van der Waals surface area (Å²) in [5, 5.41) is 0.361. The third-order valence-corrected chi connectivity index (χ3v) is 2.55. The Morgan fingerprint density at radius 1 is 1.50 bits per heavy atom. The molecule has 0 bridgehead atoms. The molecule has 0 fully saturated rings. The maximum Gasteiger partial charge on any atom is 0.222 e. The second kappa shape index (κ2) is 2.74. The SMILES string of the molecule is Nc1nc(Cl)c2[nH]cc(I)c2n1. The van der Waals surface area contributed by atoms with Crippen LogP contribution < -0.4 is 5.73 Å². The van der Waals surface area contributed by atoms with Gasteiger partial charge in [0.2, 0.25) is 5.95 Å². The van der Waals surface area contributed by atoms with Crippen LogP contribution >= 0.6 is 34.2 Å². The highest BCUT2D eigenvalue weighted by Gasteiger charge is 2.07. The molecule has 4 nitrogen and oxygen atoms in total. The maximum atomic E-state index is 5.81. The zero-order chi connectivity index (χ0) is 8.72. The molecule has 6 heteroatoms. The number of hydrogen-bond acceptors (Lipinski definition) is 3. The molecule has 12 heavy (non-hydrogen) atoms. The summed E-state index contributed by atoms with van der Waals surface area (Å²) in [5.74, 6) is 0.199. The zero-order valence-corrected chi connectivity index (χ0v) is 8.72. The van der Waals surface area contributed by atoms with E-state index < -0.39 is 0 Å². The first-order chi connectivity index (χ1) is 5.68. The fourth-order valence-corrected chi connectivity index (χ4v) is 1.73. The van der Waals surface area contributed by atoms with Crippen molar-refractivity contribution in [3.05, 3.63) is 14.9 Å². The lowest BCUT2D eigenvalue weighted by molar-refractivity contribution is 1.23. The fourth-order valence-electron chi connectivity index (χ4n) is 0.954. The molecule has 0 spiro atoms. The van der Waals surface area contributed by atoms with Crippen molar-refractivity contribution >= 4 is 51.2 Å². The average Bonchev–Trinajstić information content (AvgIpc) is 2.33. The van der Waals surface area contributed by atoms with Crippen molar-refractivity contribution in [3.8, 4) is 0 Å². The van der Waals surface area contributed by atoms with Crippen LogP contribution in [-0.2, 0) is 0 Å². The summed E-state index contributed by atoms with van der Waals surface area (Å²) in [7, 11) is 0. The Bertz CT molecular complexity index is 438. The van der Waals surface area contributed by atoms with Crippen LogP contribution in [0.5, 0.6) is 0 Å². The topological polar surface area (TPSA) is 67.6 Å². The van der Waals surface area contributed by atoms with E-state index in [2.05, 4.69) is 37.5 Å². The Morgan fingerprint density at radius 3 is 3.00 bits per heavy atom. The fraction of sp³-hybridized carbons (Fsp3) is 0. The molecule has 0 aliphatic carbocycles. The Balaban J connectivity index is 2.92. The smallest absolute Gasteiger partial charge is 0.222 e. The van der Waals surface area contributed by atoms with E-state index in [0.717, 1.165) is 14.6 Å². The summed E-state index contributed by atoms with van der Waals surface area (Å²) in [6, 6.07) is 0. The third kappa shape index (κ3) is 1.13. The normalized spacial score (nSPS) is 10.8. The van der Waals surface area contributed by atoms with Crippen molar-refractivity contribution in [2.75, 3.05) is 5.73 Å². The molecule has 0 unspecified atom stereocenters. The number of halogens is 2. The lowest BCUT2D eigenvalue weighted by atomic mass is 10.5. The van der Waals surface area contributed by atoms with Crippen molar-refractivity contribution < 1.29 is 0 Å². The average molecular weight is 294 g/mol. The highest BCUT2D eigenvalue weighted by molar-refractivity contribution is 14.1. The van der Waals surface area contributed by atoms with E-state index in [4.69, 9.17) is 17.3 Å². The van der Waals surface area contributed by atoms with E-state index in [0.29, 0.717) is 5.15 Å². The molecule has 0 amide bonds. The van der Waals surface area contributed by atoms with Crippen LogP contribution in [0.2, 0.25) is 5.15 Å². The molecule has 0 aliphatic rings. The number of aromatic nitrogens is 3. The highest BCUT2D eigenvalue weighted by Crippen LogP contribution is 2.23. The van der Waals surface area contributed by atoms with E-state index in [1.54, 1.807) is 0 Å². The van der Waals surface area contributed by atoms with Crippen LogP contribution in [-0.4, -0.2) is 15.0 Å².